The van der Waals surface area contributed by atoms with Crippen LogP contribution in [0.25, 0.3) is 11.1 Å². The summed E-state index contributed by atoms with van der Waals surface area (Å²) in [6.45, 7) is 7.41. The Morgan fingerprint density at radius 2 is 1.36 bits per heavy atom. The minimum absolute atomic E-state index is 0.179. The number of aliphatic hydroxyl groups excluding tert-OH is 2. The van der Waals surface area contributed by atoms with Crippen molar-refractivity contribution in [1.82, 2.24) is 40.0 Å². The minimum atomic E-state index is -0.806. The van der Waals surface area contributed by atoms with Gasteiger partial charge in [-0.1, -0.05) is 16.5 Å². The number of carbonyl (C=O) groups excluding carboxylic acids is 2. The van der Waals surface area contributed by atoms with Crippen LogP contribution in [0.5, 0.6) is 0 Å². The summed E-state index contributed by atoms with van der Waals surface area (Å²) in [6.07, 6.45) is 5.02. The number of aliphatic hydroxyl groups is 2. The number of carbonyl (C=O) groups is 2. The molecule has 0 aliphatic carbocycles. The fraction of sp³-hybridized carbons (Fsp3) is 0.349. The van der Waals surface area contributed by atoms with Gasteiger partial charge in [-0.05, 0) is 98.2 Å². The predicted octanol–water partition coefficient (Wildman–Crippen LogP) is 5.08. The molecule has 0 radical (unpaired) electrons. The molecule has 3 N–H and O–H groups in total. The first-order valence-corrected chi connectivity index (χ1v) is 21.4. The zero-order chi connectivity index (χ0) is 47.3. The Bertz CT molecular complexity index is 2640. The van der Waals surface area contributed by atoms with Crippen molar-refractivity contribution in [2.75, 3.05) is 41.4 Å². The molecule has 2 aromatic carbocycles. The molecule has 4 aromatic heterocycles. The molecule has 0 bridgehead atoms. The average molecular weight is 975 g/mol. The Morgan fingerprint density at radius 3 is 1.85 bits per heavy atom. The molecule has 3 fully saturated rings. The van der Waals surface area contributed by atoms with Gasteiger partial charge in [0.15, 0.2) is 0 Å². The number of halogens is 3. The fourth-order valence-corrected chi connectivity index (χ4v) is 6.97. The van der Waals surface area contributed by atoms with Crippen LogP contribution in [-0.2, 0) is 39.3 Å². The summed E-state index contributed by atoms with van der Waals surface area (Å²) in [5.41, 5.74) is 2.92. The van der Waals surface area contributed by atoms with E-state index in [0.717, 1.165) is 22.3 Å². The van der Waals surface area contributed by atoms with Gasteiger partial charge in [0, 0.05) is 59.7 Å². The van der Waals surface area contributed by atoms with E-state index in [1.807, 2.05) is 46.9 Å². The number of nitrogens with zero attached hydrogens (tertiary/aromatic N) is 10. The molecular formula is C43H47BBrF2N11O8. The van der Waals surface area contributed by atoms with Crippen LogP contribution in [0.2, 0.25) is 0 Å². The number of hydrogen-bond donors (Lipinski definition) is 3. The van der Waals surface area contributed by atoms with Crippen molar-refractivity contribution in [3.63, 3.8) is 0 Å². The number of pyridine rings is 2. The van der Waals surface area contributed by atoms with E-state index in [9.17, 15) is 18.4 Å². The highest BCUT2D eigenvalue weighted by Crippen LogP contribution is 2.37. The predicted molar refractivity (Wildman–Crippen MR) is 241 cm³/mol. The Hall–Kier alpha value is -6.40. The van der Waals surface area contributed by atoms with Gasteiger partial charge in [0.2, 0.25) is 0 Å². The van der Waals surface area contributed by atoms with Crippen molar-refractivity contribution in [2.24, 2.45) is 14.1 Å². The zero-order valence-electron chi connectivity index (χ0n) is 36.8. The maximum absolute atomic E-state index is 14.7. The van der Waals surface area contributed by atoms with Gasteiger partial charge in [-0.15, -0.1) is 10.2 Å². The van der Waals surface area contributed by atoms with Crippen LogP contribution in [0.15, 0.2) is 89.9 Å². The first-order valence-electron chi connectivity index (χ1n) is 20.6. The lowest BCUT2D eigenvalue weighted by molar-refractivity contribution is 0.00578. The molecule has 66 heavy (non-hydrogen) atoms. The summed E-state index contributed by atoms with van der Waals surface area (Å²) in [7, 11) is 2.82. The molecule has 23 heteroatoms. The molecule has 2 atom stereocenters. The maximum atomic E-state index is 14.7. The molecule has 0 saturated carbocycles. The molecule has 0 spiro atoms. The Morgan fingerprint density at radius 1 is 0.758 bits per heavy atom. The normalized spacial score (nSPS) is 18.3. The van der Waals surface area contributed by atoms with E-state index in [1.165, 1.54) is 21.9 Å². The zero-order valence-corrected chi connectivity index (χ0v) is 38.4. The lowest BCUT2D eigenvalue weighted by atomic mass is 9.78. The van der Waals surface area contributed by atoms with E-state index in [-0.39, 0.29) is 31.8 Å². The Kier molecular flexibility index (Phi) is 14.4. The molecular weight excluding hydrogens is 927 g/mol. The van der Waals surface area contributed by atoms with Crippen LogP contribution in [0.4, 0.5) is 41.4 Å². The summed E-state index contributed by atoms with van der Waals surface area (Å²) in [4.78, 5) is 34.8. The smallest absolute Gasteiger partial charge is 0.441 e. The van der Waals surface area contributed by atoms with Crippen LogP contribution in [-0.4, -0.2) is 119 Å². The van der Waals surface area contributed by atoms with Gasteiger partial charge >= 0.3 is 19.3 Å². The van der Waals surface area contributed by atoms with Gasteiger partial charge < -0.3 is 34.3 Å². The van der Waals surface area contributed by atoms with Gasteiger partial charge in [0.05, 0.1) is 67.0 Å². The second kappa shape index (κ2) is 20.0. The van der Waals surface area contributed by atoms with Crippen LogP contribution < -0.4 is 20.6 Å². The van der Waals surface area contributed by atoms with Crippen molar-refractivity contribution < 1.29 is 47.4 Å². The molecule has 3 aliphatic heterocycles. The summed E-state index contributed by atoms with van der Waals surface area (Å²) in [5, 5.41) is 36.5. The Labute approximate surface area is 386 Å². The first-order chi connectivity index (χ1) is 31.4. The third-order valence-electron chi connectivity index (χ3n) is 11.2. The minimum Gasteiger partial charge on any atom is -0.441 e. The number of amides is 2. The summed E-state index contributed by atoms with van der Waals surface area (Å²) >= 11 is 3.35. The SMILES string of the molecule is CC1(C)OB(c2ccc(N3C[C@H](CO)OC3=O)cc2F)OC1(C)C.Cn1nncc1Cc1ccc(Br)cn1.Cn1nncc1Nc1ccc(-c2ccc(N3C[C@H](CO)OC3=O)cc2F)cn1. The van der Waals surface area contributed by atoms with Crippen LogP contribution in [0.3, 0.4) is 0 Å². The highest BCUT2D eigenvalue weighted by atomic mass is 79.9. The lowest BCUT2D eigenvalue weighted by Gasteiger charge is -2.32. The number of nitrogens with one attached hydrogen (secondary N) is 1. The third kappa shape index (κ3) is 10.8. The van der Waals surface area contributed by atoms with E-state index in [0.29, 0.717) is 34.1 Å². The lowest BCUT2D eigenvalue weighted by Crippen LogP contribution is -2.41. The van der Waals surface area contributed by atoms with E-state index in [2.05, 4.69) is 51.8 Å². The standard InChI is InChI=1S/C18H17FN6O3.C16H21BFNO5.C9H9BrN4/c1-24-17(8-21-23-24)22-16-5-2-11(7-20-16)14-4-3-12(6-15(14)19)25-9-13(10-26)28-18(25)27;1-15(2)16(3,4)24-17(23-15)12-6-5-10(7-13(12)18)19-8-11(9-20)22-14(19)21;1-14-9(6-12-13-14)4-8-3-2-7(10)5-11-8/h2-8,13,26H,9-10H2,1H3,(H,20,22);5-7,11,20H,8-9H2,1-4H3;2-3,5-6H,4H2,1H3/t13-;11-;/m11./s1. The number of cyclic esters (lactones) is 2. The van der Waals surface area contributed by atoms with Crippen LogP contribution >= 0.6 is 15.9 Å². The van der Waals surface area contributed by atoms with E-state index < -0.39 is 54.3 Å². The first kappa shape index (κ1) is 47.6. The van der Waals surface area contributed by atoms with Crippen molar-refractivity contribution in [1.29, 1.82) is 0 Å². The van der Waals surface area contributed by atoms with Gasteiger partial charge in [-0.3, -0.25) is 19.5 Å². The number of ether oxygens (including phenoxy) is 2. The van der Waals surface area contributed by atoms with Gasteiger partial charge in [0.25, 0.3) is 0 Å². The molecule has 3 aliphatic rings. The molecule has 3 saturated heterocycles. The molecule has 19 nitrogen and oxygen atoms in total. The summed E-state index contributed by atoms with van der Waals surface area (Å²) in [5.74, 6) is 0.234. The largest absolute Gasteiger partial charge is 0.497 e. The molecule has 7 heterocycles. The molecule has 2 amide bonds. The monoisotopic (exact) mass is 973 g/mol. The molecule has 346 valence electrons. The summed E-state index contributed by atoms with van der Waals surface area (Å²) in [6, 6.07) is 16.3. The molecule has 0 unspecified atom stereocenters. The third-order valence-corrected chi connectivity index (χ3v) is 11.7. The second-order valence-electron chi connectivity index (χ2n) is 16.3. The number of rotatable bonds is 10. The number of benzene rings is 2. The highest BCUT2D eigenvalue weighted by molar-refractivity contribution is 9.10. The number of aryl methyl sites for hydroxylation is 2. The van der Waals surface area contributed by atoms with Gasteiger partial charge in [-0.25, -0.2) is 28.0 Å². The van der Waals surface area contributed by atoms with Crippen molar-refractivity contribution in [3.8, 4) is 11.1 Å². The maximum Gasteiger partial charge on any atom is 0.497 e. The summed E-state index contributed by atoms with van der Waals surface area (Å²) < 4.78 is 55.2. The van der Waals surface area contributed by atoms with E-state index >= 15 is 0 Å². The van der Waals surface area contributed by atoms with Crippen LogP contribution in [0, 0.1) is 11.6 Å². The van der Waals surface area contributed by atoms with Gasteiger partial charge in [-0.2, -0.15) is 0 Å². The Balaban J connectivity index is 0.000000155. The number of anilines is 4. The highest BCUT2D eigenvalue weighted by Gasteiger charge is 2.52. The molecule has 9 rings (SSSR count). The van der Waals surface area contributed by atoms with E-state index in [1.54, 1.807) is 77.6 Å². The van der Waals surface area contributed by atoms with Crippen molar-refractivity contribution in [2.45, 2.75) is 57.5 Å². The van der Waals surface area contributed by atoms with Crippen LogP contribution in [0.1, 0.15) is 39.1 Å². The molecule has 6 aromatic rings. The van der Waals surface area contributed by atoms with Gasteiger partial charge in [0.1, 0.15) is 35.5 Å². The number of aromatic nitrogens is 8. The van der Waals surface area contributed by atoms with Crippen molar-refractivity contribution in [3.05, 3.63) is 113 Å². The van der Waals surface area contributed by atoms with E-state index in [4.69, 9.17) is 29.0 Å². The second-order valence-corrected chi connectivity index (χ2v) is 17.3. The quantitative estimate of drug-likeness (QED) is 0.153. The topological polar surface area (TPSA) is 217 Å². The van der Waals surface area contributed by atoms with Crippen molar-refractivity contribution >= 4 is 63.7 Å². The fourth-order valence-electron chi connectivity index (χ4n) is 6.73. The average Bonchev–Trinajstić information content (AvgIpc) is 4.11. The number of hydrogen-bond acceptors (Lipinski definition) is 15.